The predicted molar refractivity (Wildman–Crippen MR) is 104 cm³/mol. The first-order valence-corrected chi connectivity index (χ1v) is 8.52. The summed E-state index contributed by atoms with van der Waals surface area (Å²) < 4.78 is 0.259. The van der Waals surface area contributed by atoms with E-state index in [4.69, 9.17) is 12.2 Å². The van der Waals surface area contributed by atoms with Crippen molar-refractivity contribution in [1.82, 2.24) is 5.01 Å². The Kier molecular flexibility index (Phi) is 5.10. The van der Waals surface area contributed by atoms with Crippen LogP contribution in [0.25, 0.3) is 6.08 Å². The third kappa shape index (κ3) is 3.79. The molecule has 0 aromatic heterocycles. The van der Waals surface area contributed by atoms with Crippen molar-refractivity contribution in [3.05, 3.63) is 74.7 Å². The van der Waals surface area contributed by atoms with E-state index in [1.54, 1.807) is 24.3 Å². The van der Waals surface area contributed by atoms with Gasteiger partial charge in [-0.3, -0.25) is 14.9 Å². The van der Waals surface area contributed by atoms with E-state index in [2.05, 4.69) is 5.10 Å². The van der Waals surface area contributed by atoms with Gasteiger partial charge in [0.05, 0.1) is 16.0 Å². The number of carbonyl (C=O) groups is 1. The van der Waals surface area contributed by atoms with Crippen molar-refractivity contribution in [2.24, 2.45) is 5.10 Å². The minimum absolute atomic E-state index is 0.0293. The van der Waals surface area contributed by atoms with Gasteiger partial charge in [-0.2, -0.15) is 10.1 Å². The van der Waals surface area contributed by atoms with Gasteiger partial charge in [-0.25, -0.2) is 0 Å². The van der Waals surface area contributed by atoms with Crippen molar-refractivity contribution in [3.8, 4) is 5.75 Å². The highest BCUT2D eigenvalue weighted by Gasteiger charge is 2.32. The zero-order chi connectivity index (χ0) is 18.7. The fourth-order valence-electron chi connectivity index (χ4n) is 2.12. The molecule has 0 unspecified atom stereocenters. The maximum atomic E-state index is 12.5. The predicted octanol–water partition coefficient (Wildman–Crippen LogP) is 3.54. The number of phenolic OH excluding ortho intramolecular Hbond substituents is 1. The third-order valence-corrected chi connectivity index (χ3v) is 4.71. The molecule has 9 heteroatoms. The van der Waals surface area contributed by atoms with Crippen LogP contribution in [0.4, 0.5) is 5.69 Å². The first-order chi connectivity index (χ1) is 12.5. The van der Waals surface area contributed by atoms with E-state index in [0.29, 0.717) is 16.0 Å². The lowest BCUT2D eigenvalue weighted by Gasteiger charge is -2.06. The molecule has 2 aromatic rings. The summed E-state index contributed by atoms with van der Waals surface area (Å²) in [5.74, 6) is -0.339. The molecule has 0 saturated carbocycles. The van der Waals surface area contributed by atoms with Gasteiger partial charge in [-0.05, 0) is 42.1 Å². The number of amides is 1. The third-order valence-electron chi connectivity index (χ3n) is 3.42. The van der Waals surface area contributed by atoms with Crippen molar-refractivity contribution in [2.75, 3.05) is 0 Å². The van der Waals surface area contributed by atoms with Crippen LogP contribution in [0, 0.1) is 10.1 Å². The number of hydrazone groups is 1. The second kappa shape index (κ2) is 7.46. The van der Waals surface area contributed by atoms with Crippen LogP contribution in [-0.2, 0) is 4.79 Å². The molecule has 7 nitrogen and oxygen atoms in total. The zero-order valence-electron chi connectivity index (χ0n) is 13.1. The highest BCUT2D eigenvalue weighted by atomic mass is 32.2. The molecule has 1 aliphatic heterocycles. The van der Waals surface area contributed by atoms with E-state index in [0.717, 1.165) is 16.8 Å². The maximum Gasteiger partial charge on any atom is 0.286 e. The first kappa shape index (κ1) is 17.8. The molecule has 0 aliphatic carbocycles. The number of nitro benzene ring substituents is 1. The lowest BCUT2D eigenvalue weighted by Crippen LogP contribution is -2.22. The van der Waals surface area contributed by atoms with E-state index in [-0.39, 0.29) is 15.8 Å². The van der Waals surface area contributed by atoms with Gasteiger partial charge in [0, 0.05) is 17.7 Å². The number of hydrogen-bond donors (Lipinski definition) is 1. The zero-order valence-corrected chi connectivity index (χ0v) is 14.7. The smallest absolute Gasteiger partial charge is 0.286 e. The number of hydrogen-bond acceptors (Lipinski definition) is 7. The van der Waals surface area contributed by atoms with Gasteiger partial charge in [0.25, 0.3) is 11.6 Å². The maximum absolute atomic E-state index is 12.5. The van der Waals surface area contributed by atoms with Crippen LogP contribution in [0.5, 0.6) is 5.75 Å². The number of thiocarbonyl (C=S) groups is 1. The number of non-ortho nitro benzene ring substituents is 1. The summed E-state index contributed by atoms with van der Waals surface area (Å²) in [7, 11) is 0. The molecular formula is C17H11N3O4S2. The molecule has 1 aliphatic rings. The highest BCUT2D eigenvalue weighted by molar-refractivity contribution is 8.26. The molecule has 3 rings (SSSR count). The Labute approximate surface area is 157 Å². The number of rotatable bonds is 4. The summed E-state index contributed by atoms with van der Waals surface area (Å²) in [6.07, 6.45) is 2.95. The normalized spacial score (nSPS) is 16.0. The number of phenols is 1. The van der Waals surface area contributed by atoms with Crippen LogP contribution >= 0.6 is 24.0 Å². The van der Waals surface area contributed by atoms with Crippen LogP contribution in [0.2, 0.25) is 0 Å². The second-order valence-electron chi connectivity index (χ2n) is 5.15. The Balaban J connectivity index is 1.79. The highest BCUT2D eigenvalue weighted by Crippen LogP contribution is 2.34. The van der Waals surface area contributed by atoms with E-state index in [1.165, 1.54) is 36.5 Å². The lowest BCUT2D eigenvalue weighted by atomic mass is 10.2. The molecule has 0 atom stereocenters. The number of nitro groups is 1. The Morgan fingerprint density at radius 1 is 1.19 bits per heavy atom. The van der Waals surface area contributed by atoms with Crippen molar-refractivity contribution in [2.45, 2.75) is 0 Å². The van der Waals surface area contributed by atoms with Gasteiger partial charge in [0.1, 0.15) is 5.75 Å². The summed E-state index contributed by atoms with van der Waals surface area (Å²) in [4.78, 5) is 23.0. The van der Waals surface area contributed by atoms with Gasteiger partial charge in [0.15, 0.2) is 4.32 Å². The molecule has 0 spiro atoms. The van der Waals surface area contributed by atoms with Crippen LogP contribution in [-0.4, -0.2) is 31.5 Å². The molecule has 1 saturated heterocycles. The minimum atomic E-state index is -0.493. The van der Waals surface area contributed by atoms with Gasteiger partial charge in [0.2, 0.25) is 0 Å². The molecule has 2 aromatic carbocycles. The van der Waals surface area contributed by atoms with Gasteiger partial charge in [-0.1, -0.05) is 30.0 Å². The summed E-state index contributed by atoms with van der Waals surface area (Å²) in [6, 6.07) is 12.4. The standard InChI is InChI=1S/C17H11N3O4S2/c21-14-4-2-1-3-12(14)9-15-16(22)19(17(25)26-15)18-10-11-5-7-13(8-6-11)20(23)24/h1-10,21H/b15-9+,18-10+. The van der Waals surface area contributed by atoms with Crippen molar-refractivity contribution < 1.29 is 14.8 Å². The largest absolute Gasteiger partial charge is 0.507 e. The molecule has 1 fully saturated rings. The van der Waals surface area contributed by atoms with E-state index in [1.807, 2.05) is 0 Å². The number of carbonyl (C=O) groups excluding carboxylic acids is 1. The van der Waals surface area contributed by atoms with Crippen molar-refractivity contribution >= 4 is 52.2 Å². The van der Waals surface area contributed by atoms with E-state index >= 15 is 0 Å². The Morgan fingerprint density at radius 2 is 1.88 bits per heavy atom. The summed E-state index contributed by atoms with van der Waals surface area (Å²) in [5, 5.41) is 25.6. The molecule has 1 amide bonds. The Bertz CT molecular complexity index is 955. The fourth-order valence-corrected chi connectivity index (χ4v) is 3.28. The van der Waals surface area contributed by atoms with Gasteiger partial charge in [-0.15, -0.1) is 0 Å². The van der Waals surface area contributed by atoms with Gasteiger partial charge < -0.3 is 5.11 Å². The fraction of sp³-hybridized carbons (Fsp3) is 0. The molecule has 1 N–H and O–H groups in total. The molecule has 130 valence electrons. The van der Waals surface area contributed by atoms with Crippen LogP contribution in [0.3, 0.4) is 0 Å². The lowest BCUT2D eigenvalue weighted by molar-refractivity contribution is -0.384. The van der Waals surface area contributed by atoms with Crippen LogP contribution < -0.4 is 0 Å². The quantitative estimate of drug-likeness (QED) is 0.284. The Morgan fingerprint density at radius 3 is 2.54 bits per heavy atom. The Hall–Kier alpha value is -3.04. The van der Waals surface area contributed by atoms with Crippen LogP contribution in [0.1, 0.15) is 11.1 Å². The van der Waals surface area contributed by atoms with E-state index in [9.17, 15) is 20.0 Å². The number of para-hydroxylation sites is 1. The van der Waals surface area contributed by atoms with Crippen molar-refractivity contribution in [1.29, 1.82) is 0 Å². The monoisotopic (exact) mass is 385 g/mol. The number of thioether (sulfide) groups is 1. The number of nitrogens with zero attached hydrogens (tertiary/aromatic N) is 3. The topological polar surface area (TPSA) is 96.0 Å². The molecule has 0 radical (unpaired) electrons. The average Bonchev–Trinajstić information content (AvgIpc) is 2.89. The van der Waals surface area contributed by atoms with Crippen molar-refractivity contribution in [3.63, 3.8) is 0 Å². The summed E-state index contributed by atoms with van der Waals surface area (Å²) in [5.41, 5.74) is 1.07. The van der Waals surface area contributed by atoms with Gasteiger partial charge >= 0.3 is 0 Å². The number of benzene rings is 2. The SMILES string of the molecule is O=C1/C(=C\c2ccccc2O)SC(=S)N1/N=C/c1ccc([N+](=O)[O-])cc1. The summed E-state index contributed by atoms with van der Waals surface area (Å²) >= 11 is 6.26. The molecule has 26 heavy (non-hydrogen) atoms. The number of aromatic hydroxyl groups is 1. The van der Waals surface area contributed by atoms with Crippen LogP contribution in [0.15, 0.2) is 58.5 Å². The summed E-state index contributed by atoms with van der Waals surface area (Å²) in [6.45, 7) is 0. The van der Waals surface area contributed by atoms with E-state index < -0.39 is 10.8 Å². The molecular weight excluding hydrogens is 374 g/mol. The molecule has 0 bridgehead atoms. The molecule has 1 heterocycles. The minimum Gasteiger partial charge on any atom is -0.507 e. The average molecular weight is 385 g/mol. The second-order valence-corrected chi connectivity index (χ2v) is 6.82. The first-order valence-electron chi connectivity index (χ1n) is 7.30.